The minimum atomic E-state index is -0.376. The van der Waals surface area contributed by atoms with Crippen LogP contribution in [0.25, 0.3) is 0 Å². The monoisotopic (exact) mass is 292 g/mol. The molecular weight excluding hydrogens is 270 g/mol. The Morgan fingerprint density at radius 2 is 1.52 bits per heavy atom. The Hall–Kier alpha value is -0.863. The van der Waals surface area contributed by atoms with Crippen molar-refractivity contribution in [1.82, 2.24) is 0 Å². The van der Waals surface area contributed by atoms with Crippen molar-refractivity contribution in [2.45, 2.75) is 33.4 Å². The van der Waals surface area contributed by atoms with E-state index in [0.717, 1.165) is 23.0 Å². The zero-order valence-electron chi connectivity index (χ0n) is 14.6. The van der Waals surface area contributed by atoms with Crippen LogP contribution < -0.4 is 29.5 Å². The third-order valence-corrected chi connectivity index (χ3v) is 6.23. The summed E-state index contributed by atoms with van der Waals surface area (Å²) in [7, 11) is -0.376. The summed E-state index contributed by atoms with van der Waals surface area (Å²) < 4.78 is 0. The summed E-state index contributed by atoms with van der Waals surface area (Å²) in [5.74, 6) is 0. The number of carbonyl (C=O) groups excluding carboxylic acids is 1. The minimum Gasteiger partial charge on any atom is -1.00 e. The first-order chi connectivity index (χ1) is 9.54. The van der Waals surface area contributed by atoms with Gasteiger partial charge in [0.25, 0.3) is 0 Å². The van der Waals surface area contributed by atoms with Crippen LogP contribution in [-0.2, 0) is 0 Å². The van der Waals surface area contributed by atoms with Crippen LogP contribution in [-0.4, -0.2) is 11.9 Å². The fourth-order valence-corrected chi connectivity index (χ4v) is 5.26. The standard InChI is InChI=1S/C18H21OP.Li.H/c1-13(2)20(16-8-6-5-7-9-16)17-10-14(3)18(12-19)15(4)11-17;;/h5-13H,1-4H3;;/q;+1;-1. The van der Waals surface area contributed by atoms with Gasteiger partial charge in [-0.25, -0.2) is 0 Å². The van der Waals surface area contributed by atoms with Gasteiger partial charge in [0.1, 0.15) is 0 Å². The van der Waals surface area contributed by atoms with E-state index in [-0.39, 0.29) is 28.2 Å². The largest absolute Gasteiger partial charge is 1.00 e. The van der Waals surface area contributed by atoms with Gasteiger partial charge in [-0.1, -0.05) is 56.3 Å². The molecule has 1 nitrogen and oxygen atoms in total. The van der Waals surface area contributed by atoms with Crippen LogP contribution in [0.15, 0.2) is 42.5 Å². The van der Waals surface area contributed by atoms with E-state index in [1.165, 1.54) is 10.6 Å². The third-order valence-electron chi connectivity index (χ3n) is 3.53. The van der Waals surface area contributed by atoms with Crippen LogP contribution in [0.5, 0.6) is 0 Å². The van der Waals surface area contributed by atoms with Crippen molar-refractivity contribution in [3.63, 3.8) is 0 Å². The van der Waals surface area contributed by atoms with Gasteiger partial charge in [0.2, 0.25) is 0 Å². The van der Waals surface area contributed by atoms with Crippen molar-refractivity contribution in [2.75, 3.05) is 0 Å². The quantitative estimate of drug-likeness (QED) is 0.468. The van der Waals surface area contributed by atoms with Crippen molar-refractivity contribution < 1.29 is 25.1 Å². The minimum absolute atomic E-state index is 0. The second-order valence-electron chi connectivity index (χ2n) is 5.41. The second-order valence-corrected chi connectivity index (χ2v) is 8.22. The summed E-state index contributed by atoms with van der Waals surface area (Å²) in [6, 6.07) is 15.1. The Morgan fingerprint density at radius 3 is 1.95 bits per heavy atom. The molecule has 0 aliphatic rings. The number of carbonyl (C=O) groups is 1. The van der Waals surface area contributed by atoms with E-state index in [4.69, 9.17) is 0 Å². The van der Waals surface area contributed by atoms with Gasteiger partial charge in [0.15, 0.2) is 6.29 Å². The van der Waals surface area contributed by atoms with Crippen molar-refractivity contribution in [1.29, 1.82) is 0 Å². The molecule has 0 aromatic heterocycles. The molecule has 2 aromatic rings. The van der Waals surface area contributed by atoms with Crippen LogP contribution in [0, 0.1) is 13.8 Å². The topological polar surface area (TPSA) is 17.1 Å². The van der Waals surface area contributed by atoms with Gasteiger partial charge in [-0.05, 0) is 49.2 Å². The predicted octanol–water partition coefficient (Wildman–Crippen LogP) is 1.07. The molecule has 0 aliphatic heterocycles. The van der Waals surface area contributed by atoms with Crippen molar-refractivity contribution >= 4 is 24.8 Å². The molecule has 2 rings (SSSR count). The molecule has 106 valence electrons. The zero-order valence-corrected chi connectivity index (χ0v) is 14.4. The van der Waals surface area contributed by atoms with E-state index < -0.39 is 0 Å². The molecule has 0 aliphatic carbocycles. The molecule has 0 saturated heterocycles. The molecule has 0 N–H and O–H groups in total. The summed E-state index contributed by atoms with van der Waals surface area (Å²) in [5.41, 5.74) is 3.58. The Morgan fingerprint density at radius 1 is 1.00 bits per heavy atom. The van der Waals surface area contributed by atoms with Crippen LogP contribution in [0.1, 0.15) is 36.8 Å². The first-order valence-corrected chi connectivity index (χ1v) is 8.36. The van der Waals surface area contributed by atoms with Crippen LogP contribution in [0.2, 0.25) is 0 Å². The normalized spacial score (nSPS) is 11.9. The average molecular weight is 292 g/mol. The fraction of sp³-hybridized carbons (Fsp3) is 0.278. The fourth-order valence-electron chi connectivity index (χ4n) is 2.61. The van der Waals surface area contributed by atoms with Gasteiger partial charge in [0, 0.05) is 5.56 Å². The van der Waals surface area contributed by atoms with Gasteiger partial charge in [-0.3, -0.25) is 4.79 Å². The molecule has 0 spiro atoms. The Kier molecular flexibility index (Phi) is 6.89. The molecule has 1 unspecified atom stereocenters. The maximum absolute atomic E-state index is 11.1. The summed E-state index contributed by atoms with van der Waals surface area (Å²) in [4.78, 5) is 11.1. The number of hydrogen-bond acceptors (Lipinski definition) is 1. The van der Waals surface area contributed by atoms with E-state index in [0.29, 0.717) is 5.66 Å². The van der Waals surface area contributed by atoms with Crippen LogP contribution >= 0.6 is 7.92 Å². The maximum atomic E-state index is 11.1. The van der Waals surface area contributed by atoms with Crippen molar-refractivity contribution in [3.05, 3.63) is 59.2 Å². The van der Waals surface area contributed by atoms with Gasteiger partial charge >= 0.3 is 18.9 Å². The summed E-state index contributed by atoms with van der Waals surface area (Å²) in [5, 5.41) is 2.76. The van der Waals surface area contributed by atoms with Crippen LogP contribution in [0.4, 0.5) is 0 Å². The first kappa shape index (κ1) is 18.2. The van der Waals surface area contributed by atoms with Crippen LogP contribution in [0.3, 0.4) is 0 Å². The maximum Gasteiger partial charge on any atom is 1.00 e. The summed E-state index contributed by atoms with van der Waals surface area (Å²) in [6.07, 6.45) is 0.967. The number of benzene rings is 2. The predicted molar refractivity (Wildman–Crippen MR) is 90.2 cm³/mol. The van der Waals surface area contributed by atoms with E-state index in [2.05, 4.69) is 56.3 Å². The third kappa shape index (κ3) is 4.08. The molecule has 21 heavy (non-hydrogen) atoms. The molecule has 0 bridgehead atoms. The Labute approximate surface area is 142 Å². The number of rotatable bonds is 4. The van der Waals surface area contributed by atoms with Gasteiger partial charge in [0.05, 0.1) is 0 Å². The Bertz CT molecular complexity index is 591. The molecule has 0 fully saturated rings. The van der Waals surface area contributed by atoms with Gasteiger partial charge in [-0.2, -0.15) is 0 Å². The van der Waals surface area contributed by atoms with E-state index in [1.807, 2.05) is 13.8 Å². The van der Waals surface area contributed by atoms with Crippen molar-refractivity contribution in [2.24, 2.45) is 0 Å². The van der Waals surface area contributed by atoms with E-state index in [9.17, 15) is 4.79 Å². The van der Waals surface area contributed by atoms with Gasteiger partial charge in [-0.15, -0.1) is 0 Å². The molecule has 0 amide bonds. The number of aryl methyl sites for hydroxylation is 2. The molecule has 3 heteroatoms. The smallest absolute Gasteiger partial charge is 1.00 e. The molecule has 1 atom stereocenters. The summed E-state index contributed by atoms with van der Waals surface area (Å²) in [6.45, 7) is 8.60. The Balaban J connectivity index is 0.00000220. The molecule has 0 saturated carbocycles. The average Bonchev–Trinajstić information content (AvgIpc) is 2.39. The van der Waals surface area contributed by atoms with E-state index >= 15 is 0 Å². The molecule has 0 radical (unpaired) electrons. The van der Waals surface area contributed by atoms with E-state index in [1.54, 1.807) is 0 Å². The SMILES string of the molecule is Cc1cc(P(c2ccccc2)C(C)C)cc(C)c1C=O.[H-].[Li+]. The first-order valence-electron chi connectivity index (χ1n) is 6.95. The van der Waals surface area contributed by atoms with Gasteiger partial charge < -0.3 is 1.43 Å². The number of hydrogen-bond donors (Lipinski definition) is 0. The van der Waals surface area contributed by atoms with Crippen molar-refractivity contribution in [3.8, 4) is 0 Å². The molecule has 0 heterocycles. The summed E-state index contributed by atoms with van der Waals surface area (Å²) >= 11 is 0. The second kappa shape index (κ2) is 7.95. The molecule has 2 aromatic carbocycles. The molecular formula is C18H22LiOP. The number of aldehydes is 1. The zero-order chi connectivity index (χ0) is 14.7.